The van der Waals surface area contributed by atoms with Gasteiger partial charge in [0.15, 0.2) is 11.7 Å². The monoisotopic (exact) mass is 375 g/mol. The molecule has 0 radical (unpaired) electrons. The molecular weight excluding hydrogens is 347 g/mol. The molecule has 1 saturated carbocycles. The number of halogens is 3. The van der Waals surface area contributed by atoms with Crippen molar-refractivity contribution >= 4 is 5.96 Å². The topological polar surface area (TPSA) is 63.5 Å². The van der Waals surface area contributed by atoms with Gasteiger partial charge in [0.1, 0.15) is 0 Å². The Morgan fingerprint density at radius 1 is 1.35 bits per heavy atom. The van der Waals surface area contributed by atoms with Gasteiger partial charge in [-0.2, -0.15) is 18.3 Å². The molecule has 2 N–H and O–H groups in total. The van der Waals surface area contributed by atoms with Gasteiger partial charge in [0.25, 0.3) is 0 Å². The van der Waals surface area contributed by atoms with Gasteiger partial charge in [0, 0.05) is 52.7 Å². The Hall–Kier alpha value is -1.77. The van der Waals surface area contributed by atoms with E-state index in [1.807, 2.05) is 0 Å². The number of aromatic nitrogens is 2. The molecule has 1 fully saturated rings. The van der Waals surface area contributed by atoms with Crippen molar-refractivity contribution < 1.29 is 17.9 Å². The zero-order chi connectivity index (χ0) is 19.2. The summed E-state index contributed by atoms with van der Waals surface area (Å²) in [6, 6.07) is 0. The van der Waals surface area contributed by atoms with Crippen molar-refractivity contribution in [2.75, 3.05) is 27.3 Å². The van der Waals surface area contributed by atoms with Gasteiger partial charge in [-0.3, -0.25) is 9.67 Å². The van der Waals surface area contributed by atoms with E-state index in [0.29, 0.717) is 12.6 Å². The van der Waals surface area contributed by atoms with E-state index in [-0.39, 0.29) is 17.5 Å². The molecule has 1 aliphatic carbocycles. The third kappa shape index (κ3) is 5.36. The maximum Gasteiger partial charge on any atom is 0.435 e. The third-order valence-electron chi connectivity index (χ3n) is 4.97. The smallest absolute Gasteiger partial charge is 0.385 e. The quantitative estimate of drug-likeness (QED) is 0.568. The van der Waals surface area contributed by atoms with Gasteiger partial charge in [-0.1, -0.05) is 12.8 Å². The molecule has 0 aromatic carbocycles. The molecule has 1 aromatic rings. The average Bonchev–Trinajstić information content (AvgIpc) is 3.20. The summed E-state index contributed by atoms with van der Waals surface area (Å²) in [5.74, 6) is 0.491. The Morgan fingerprint density at radius 2 is 2.04 bits per heavy atom. The lowest BCUT2D eigenvalue weighted by Crippen LogP contribution is -2.43. The third-order valence-corrected chi connectivity index (χ3v) is 4.97. The van der Waals surface area contributed by atoms with Crippen molar-refractivity contribution in [1.82, 2.24) is 20.4 Å². The standard InChI is InChI=1S/C17H28F3N5O/c1-21-15(23-12-16(8-9-26-3)6-4-5-7-16)22-10-13-11-25(2)24-14(13)17(18,19)20/h11H,4-10,12H2,1-3H3,(H2,21,22,23). The Labute approximate surface area is 152 Å². The van der Waals surface area contributed by atoms with Gasteiger partial charge in [-0.05, 0) is 24.7 Å². The summed E-state index contributed by atoms with van der Waals surface area (Å²) in [6.07, 6.45) is 2.52. The molecule has 6 nitrogen and oxygen atoms in total. The number of hydrogen-bond donors (Lipinski definition) is 2. The van der Waals surface area contributed by atoms with E-state index >= 15 is 0 Å². The molecule has 1 aliphatic rings. The summed E-state index contributed by atoms with van der Waals surface area (Å²) < 4.78 is 45.5. The van der Waals surface area contributed by atoms with Crippen LogP contribution >= 0.6 is 0 Å². The Kier molecular flexibility index (Phi) is 6.91. The van der Waals surface area contributed by atoms with Gasteiger partial charge in [0.05, 0.1) is 0 Å². The fraction of sp³-hybridized carbons (Fsp3) is 0.765. The second kappa shape index (κ2) is 8.75. The fourth-order valence-corrected chi connectivity index (χ4v) is 3.54. The largest absolute Gasteiger partial charge is 0.435 e. The Morgan fingerprint density at radius 3 is 2.62 bits per heavy atom. The summed E-state index contributed by atoms with van der Waals surface area (Å²) in [6.45, 7) is 1.45. The van der Waals surface area contributed by atoms with Crippen LogP contribution in [0.3, 0.4) is 0 Å². The summed E-state index contributed by atoms with van der Waals surface area (Å²) >= 11 is 0. The molecule has 0 amide bonds. The van der Waals surface area contributed by atoms with E-state index < -0.39 is 11.9 Å². The fourth-order valence-electron chi connectivity index (χ4n) is 3.54. The zero-order valence-corrected chi connectivity index (χ0v) is 15.6. The highest BCUT2D eigenvalue weighted by atomic mass is 19.4. The molecule has 26 heavy (non-hydrogen) atoms. The number of aliphatic imine (C=N–C) groups is 1. The lowest BCUT2D eigenvalue weighted by Gasteiger charge is -2.30. The van der Waals surface area contributed by atoms with Crippen LogP contribution in [-0.2, 0) is 24.5 Å². The van der Waals surface area contributed by atoms with Crippen molar-refractivity contribution in [2.45, 2.75) is 44.8 Å². The molecule has 2 rings (SSSR count). The Balaban J connectivity index is 1.94. The molecule has 0 unspecified atom stereocenters. The predicted molar refractivity (Wildman–Crippen MR) is 93.8 cm³/mol. The molecular formula is C17H28F3N5O. The van der Waals surface area contributed by atoms with Gasteiger partial charge in [-0.15, -0.1) is 0 Å². The van der Waals surface area contributed by atoms with E-state index in [0.717, 1.165) is 25.8 Å². The van der Waals surface area contributed by atoms with Crippen molar-refractivity contribution in [1.29, 1.82) is 0 Å². The Bertz CT molecular complexity index is 606. The molecule has 0 aliphatic heterocycles. The van der Waals surface area contributed by atoms with E-state index in [2.05, 4.69) is 20.7 Å². The van der Waals surface area contributed by atoms with Crippen LogP contribution in [0.2, 0.25) is 0 Å². The van der Waals surface area contributed by atoms with E-state index in [1.165, 1.54) is 30.8 Å². The van der Waals surface area contributed by atoms with Gasteiger partial charge in [-0.25, -0.2) is 0 Å². The zero-order valence-electron chi connectivity index (χ0n) is 15.6. The molecule has 0 saturated heterocycles. The molecule has 0 bridgehead atoms. The first kappa shape index (κ1) is 20.5. The van der Waals surface area contributed by atoms with Gasteiger partial charge >= 0.3 is 6.18 Å². The van der Waals surface area contributed by atoms with Gasteiger partial charge in [0.2, 0.25) is 0 Å². The van der Waals surface area contributed by atoms with Crippen LogP contribution in [-0.4, -0.2) is 43.0 Å². The molecule has 0 spiro atoms. The van der Waals surface area contributed by atoms with E-state index in [1.54, 1.807) is 14.2 Å². The summed E-state index contributed by atoms with van der Waals surface area (Å²) in [5, 5.41) is 9.75. The lowest BCUT2D eigenvalue weighted by molar-refractivity contribution is -0.142. The van der Waals surface area contributed by atoms with E-state index in [4.69, 9.17) is 4.74 Å². The normalized spacial score (nSPS) is 17.5. The molecule has 0 atom stereocenters. The average molecular weight is 375 g/mol. The highest BCUT2D eigenvalue weighted by molar-refractivity contribution is 5.79. The minimum Gasteiger partial charge on any atom is -0.385 e. The highest BCUT2D eigenvalue weighted by Gasteiger charge is 2.37. The predicted octanol–water partition coefficient (Wildman–Crippen LogP) is 2.70. The number of methoxy groups -OCH3 is 1. The molecule has 1 heterocycles. The molecule has 148 valence electrons. The maximum atomic E-state index is 13.0. The second-order valence-corrected chi connectivity index (χ2v) is 6.90. The number of rotatable bonds is 7. The van der Waals surface area contributed by atoms with Crippen LogP contribution < -0.4 is 10.6 Å². The SMILES string of the molecule is CN=C(NCc1cn(C)nc1C(F)(F)F)NCC1(CCOC)CCCC1. The highest BCUT2D eigenvalue weighted by Crippen LogP contribution is 2.40. The van der Waals surface area contributed by atoms with Crippen LogP contribution in [0.4, 0.5) is 13.2 Å². The summed E-state index contributed by atoms with van der Waals surface area (Å²) in [5.41, 5.74) is -0.604. The minimum absolute atomic E-state index is 0.00737. The van der Waals surface area contributed by atoms with Crippen LogP contribution in [0, 0.1) is 5.41 Å². The molecule has 9 heteroatoms. The number of nitrogens with zero attached hydrogens (tertiary/aromatic N) is 3. The number of alkyl halides is 3. The first-order chi connectivity index (χ1) is 12.3. The van der Waals surface area contributed by atoms with E-state index in [9.17, 15) is 13.2 Å². The van der Waals surface area contributed by atoms with Crippen molar-refractivity contribution in [3.05, 3.63) is 17.5 Å². The number of aryl methyl sites for hydroxylation is 1. The van der Waals surface area contributed by atoms with Crippen molar-refractivity contribution in [2.24, 2.45) is 17.5 Å². The maximum absolute atomic E-state index is 13.0. The number of ether oxygens (including phenoxy) is 1. The van der Waals surface area contributed by atoms with Crippen molar-refractivity contribution in [3.8, 4) is 0 Å². The first-order valence-corrected chi connectivity index (χ1v) is 8.83. The minimum atomic E-state index is -4.47. The van der Waals surface area contributed by atoms with Crippen LogP contribution in [0.25, 0.3) is 0 Å². The lowest BCUT2D eigenvalue weighted by atomic mass is 9.83. The van der Waals surface area contributed by atoms with Gasteiger partial charge < -0.3 is 15.4 Å². The van der Waals surface area contributed by atoms with Crippen LogP contribution in [0.15, 0.2) is 11.2 Å². The number of guanidine groups is 1. The first-order valence-electron chi connectivity index (χ1n) is 8.83. The van der Waals surface area contributed by atoms with Crippen LogP contribution in [0.5, 0.6) is 0 Å². The van der Waals surface area contributed by atoms with Crippen LogP contribution in [0.1, 0.15) is 43.4 Å². The number of hydrogen-bond acceptors (Lipinski definition) is 3. The molecule has 1 aromatic heterocycles. The summed E-state index contributed by atoms with van der Waals surface area (Å²) in [7, 11) is 4.79. The number of nitrogens with one attached hydrogen (secondary N) is 2. The second-order valence-electron chi connectivity index (χ2n) is 6.90. The summed E-state index contributed by atoms with van der Waals surface area (Å²) in [4.78, 5) is 4.13. The van der Waals surface area contributed by atoms with Crippen molar-refractivity contribution in [3.63, 3.8) is 0 Å².